The molecule has 0 spiro atoms. The van der Waals surface area contributed by atoms with Gasteiger partial charge in [0.15, 0.2) is 0 Å². The molecule has 0 heterocycles. The van der Waals surface area contributed by atoms with Crippen LogP contribution < -0.4 is 10.2 Å². The number of rotatable bonds is 2. The van der Waals surface area contributed by atoms with Crippen molar-refractivity contribution in [1.82, 2.24) is 0 Å². The summed E-state index contributed by atoms with van der Waals surface area (Å²) in [4.78, 5) is 0. The molecule has 0 unspecified atom stereocenters. The minimum atomic E-state index is -4.75. The molecule has 0 aliphatic heterocycles. The van der Waals surface area contributed by atoms with Crippen LogP contribution in [0.2, 0.25) is 0 Å². The SMILES string of the molecule is OB(O)c1ccc(OC(F)(F)F)c(I)c1. The highest BCUT2D eigenvalue weighted by Gasteiger charge is 2.32. The van der Waals surface area contributed by atoms with E-state index >= 15 is 0 Å². The number of ether oxygens (including phenoxy) is 1. The van der Waals surface area contributed by atoms with Crippen molar-refractivity contribution in [2.45, 2.75) is 6.36 Å². The predicted molar refractivity (Wildman–Crippen MR) is 55.7 cm³/mol. The lowest BCUT2D eigenvalue weighted by atomic mass is 9.80. The Labute approximate surface area is 97.1 Å². The maximum Gasteiger partial charge on any atom is 0.573 e. The van der Waals surface area contributed by atoms with Crippen LogP contribution in [0.25, 0.3) is 0 Å². The third-order valence-electron chi connectivity index (χ3n) is 1.48. The number of alkyl halides is 3. The maximum absolute atomic E-state index is 11.9. The molecular formula is C7H5BF3IO3. The third kappa shape index (κ3) is 3.88. The van der Waals surface area contributed by atoms with Gasteiger partial charge in [-0.3, -0.25) is 0 Å². The van der Waals surface area contributed by atoms with Gasteiger partial charge in [0, 0.05) is 0 Å². The van der Waals surface area contributed by atoms with Crippen molar-refractivity contribution in [3.05, 3.63) is 21.8 Å². The Bertz CT molecular complexity index is 356. The molecule has 8 heteroatoms. The number of benzene rings is 1. The van der Waals surface area contributed by atoms with Crippen molar-refractivity contribution in [2.24, 2.45) is 0 Å². The van der Waals surface area contributed by atoms with E-state index in [1.54, 1.807) is 22.6 Å². The van der Waals surface area contributed by atoms with Crippen molar-refractivity contribution in [3.8, 4) is 5.75 Å². The number of halogens is 4. The minimum Gasteiger partial charge on any atom is -0.423 e. The van der Waals surface area contributed by atoms with Crippen LogP contribution in [-0.2, 0) is 0 Å². The second kappa shape index (κ2) is 4.58. The third-order valence-corrected chi connectivity index (χ3v) is 2.32. The van der Waals surface area contributed by atoms with Crippen molar-refractivity contribution in [3.63, 3.8) is 0 Å². The smallest absolute Gasteiger partial charge is 0.423 e. The molecule has 82 valence electrons. The molecule has 0 aliphatic carbocycles. The fraction of sp³-hybridized carbons (Fsp3) is 0.143. The summed E-state index contributed by atoms with van der Waals surface area (Å²) in [6.45, 7) is 0. The summed E-state index contributed by atoms with van der Waals surface area (Å²) >= 11 is 1.61. The number of hydrogen-bond acceptors (Lipinski definition) is 3. The monoisotopic (exact) mass is 332 g/mol. The van der Waals surface area contributed by atoms with Crippen LogP contribution in [0.3, 0.4) is 0 Å². The van der Waals surface area contributed by atoms with Crippen LogP contribution in [0.1, 0.15) is 0 Å². The summed E-state index contributed by atoms with van der Waals surface area (Å²) in [6, 6.07) is 3.38. The molecule has 0 aliphatic rings. The van der Waals surface area contributed by atoms with Gasteiger partial charge < -0.3 is 14.8 Å². The Morgan fingerprint density at radius 3 is 2.27 bits per heavy atom. The zero-order valence-corrected chi connectivity index (χ0v) is 9.28. The van der Waals surface area contributed by atoms with Crippen LogP contribution in [0, 0.1) is 3.57 Å². The van der Waals surface area contributed by atoms with Gasteiger partial charge in [-0.05, 0) is 40.2 Å². The van der Waals surface area contributed by atoms with Crippen LogP contribution in [0.4, 0.5) is 13.2 Å². The van der Waals surface area contributed by atoms with E-state index in [1.165, 1.54) is 6.07 Å². The molecule has 0 fully saturated rings. The Morgan fingerprint density at radius 1 is 1.27 bits per heavy atom. The summed E-state index contributed by atoms with van der Waals surface area (Å²) in [6.07, 6.45) is -4.75. The summed E-state index contributed by atoms with van der Waals surface area (Å²) < 4.78 is 39.4. The maximum atomic E-state index is 11.9. The van der Waals surface area contributed by atoms with Crippen LogP contribution in [0.15, 0.2) is 18.2 Å². The first kappa shape index (κ1) is 12.6. The highest BCUT2D eigenvalue weighted by atomic mass is 127. The van der Waals surface area contributed by atoms with Gasteiger partial charge >= 0.3 is 13.5 Å². The van der Waals surface area contributed by atoms with E-state index in [4.69, 9.17) is 10.0 Å². The predicted octanol–water partition coefficient (Wildman–Crippen LogP) is 0.870. The molecule has 0 saturated carbocycles. The lowest BCUT2D eigenvalue weighted by Gasteiger charge is -2.11. The van der Waals surface area contributed by atoms with E-state index in [0.717, 1.165) is 12.1 Å². The van der Waals surface area contributed by atoms with Crippen molar-refractivity contribution < 1.29 is 28.0 Å². The quantitative estimate of drug-likeness (QED) is 0.624. The molecule has 1 aromatic carbocycles. The van der Waals surface area contributed by atoms with Gasteiger partial charge in [0.1, 0.15) is 5.75 Å². The van der Waals surface area contributed by atoms with E-state index in [-0.39, 0.29) is 14.8 Å². The first-order valence-corrected chi connectivity index (χ1v) is 4.79. The van der Waals surface area contributed by atoms with E-state index in [2.05, 4.69) is 4.74 Å². The summed E-state index contributed by atoms with van der Waals surface area (Å²) in [7, 11) is -1.71. The summed E-state index contributed by atoms with van der Waals surface area (Å²) in [5.41, 5.74) is 0.105. The Balaban J connectivity index is 2.94. The average Bonchev–Trinajstić information content (AvgIpc) is 2.05. The van der Waals surface area contributed by atoms with Gasteiger partial charge in [0.2, 0.25) is 0 Å². The first-order chi connectivity index (χ1) is 6.79. The van der Waals surface area contributed by atoms with Gasteiger partial charge in [-0.25, -0.2) is 0 Å². The molecule has 0 saturated heterocycles. The van der Waals surface area contributed by atoms with Crippen LogP contribution in [0.5, 0.6) is 5.75 Å². The van der Waals surface area contributed by atoms with Gasteiger partial charge in [0.25, 0.3) is 0 Å². The van der Waals surface area contributed by atoms with Gasteiger partial charge in [-0.1, -0.05) is 6.07 Å². The zero-order valence-electron chi connectivity index (χ0n) is 7.12. The zero-order chi connectivity index (χ0) is 11.6. The molecule has 3 nitrogen and oxygen atoms in total. The Kier molecular flexibility index (Phi) is 3.84. The lowest BCUT2D eigenvalue weighted by molar-refractivity contribution is -0.274. The first-order valence-electron chi connectivity index (χ1n) is 3.71. The molecule has 1 aromatic rings. The van der Waals surface area contributed by atoms with Crippen molar-refractivity contribution >= 4 is 35.2 Å². The number of hydrogen-bond donors (Lipinski definition) is 2. The molecule has 0 radical (unpaired) electrons. The standard InChI is InChI=1S/C7H5BF3IO3/c9-7(10,11)15-6-2-1-4(8(13)14)3-5(6)12/h1-3,13-14H. The van der Waals surface area contributed by atoms with Crippen LogP contribution in [-0.4, -0.2) is 23.5 Å². The van der Waals surface area contributed by atoms with Gasteiger partial charge in [0.05, 0.1) is 3.57 Å². The van der Waals surface area contributed by atoms with E-state index in [1.807, 2.05) is 0 Å². The van der Waals surface area contributed by atoms with Crippen molar-refractivity contribution in [2.75, 3.05) is 0 Å². The normalized spacial score (nSPS) is 11.3. The molecule has 2 N–H and O–H groups in total. The van der Waals surface area contributed by atoms with E-state index in [0.29, 0.717) is 0 Å². The highest BCUT2D eigenvalue weighted by molar-refractivity contribution is 14.1. The summed E-state index contributed by atoms with van der Waals surface area (Å²) in [5.74, 6) is -0.368. The molecule has 15 heavy (non-hydrogen) atoms. The molecule has 0 amide bonds. The molecule has 0 aromatic heterocycles. The average molecular weight is 332 g/mol. The Morgan fingerprint density at radius 2 is 1.87 bits per heavy atom. The second-order valence-electron chi connectivity index (χ2n) is 2.61. The molecular weight excluding hydrogens is 327 g/mol. The topological polar surface area (TPSA) is 49.7 Å². The van der Waals surface area contributed by atoms with E-state index < -0.39 is 13.5 Å². The lowest BCUT2D eigenvalue weighted by Crippen LogP contribution is -2.30. The molecule has 0 bridgehead atoms. The van der Waals surface area contributed by atoms with E-state index in [9.17, 15) is 13.2 Å². The van der Waals surface area contributed by atoms with Crippen molar-refractivity contribution in [1.29, 1.82) is 0 Å². The molecule has 1 rings (SSSR count). The van der Waals surface area contributed by atoms with Gasteiger partial charge in [-0.2, -0.15) is 0 Å². The Hall–Kier alpha value is -0.475. The highest BCUT2D eigenvalue weighted by Crippen LogP contribution is 2.26. The largest absolute Gasteiger partial charge is 0.573 e. The fourth-order valence-electron chi connectivity index (χ4n) is 0.885. The second-order valence-corrected chi connectivity index (χ2v) is 3.77. The molecule has 0 atom stereocenters. The van der Waals surface area contributed by atoms with Gasteiger partial charge in [-0.15, -0.1) is 13.2 Å². The summed E-state index contributed by atoms with van der Waals surface area (Å²) in [5, 5.41) is 17.5. The minimum absolute atomic E-state index is 0.105. The van der Waals surface area contributed by atoms with Crippen LogP contribution >= 0.6 is 22.6 Å². The fourth-order valence-corrected chi connectivity index (χ4v) is 1.53.